The van der Waals surface area contributed by atoms with Crippen LogP contribution in [0.5, 0.6) is 5.75 Å². The topological polar surface area (TPSA) is 59.4 Å². The predicted octanol–water partition coefficient (Wildman–Crippen LogP) is 4.03. The molecule has 0 unspecified atom stereocenters. The zero-order valence-electron chi connectivity index (χ0n) is 13.2. The Labute approximate surface area is 134 Å². The lowest BCUT2D eigenvalue weighted by Gasteiger charge is -2.11. The molecule has 2 aromatic rings. The van der Waals surface area contributed by atoms with Crippen LogP contribution in [-0.2, 0) is 12.8 Å². The molecule has 5 heteroatoms. The summed E-state index contributed by atoms with van der Waals surface area (Å²) in [5, 5.41) is 10.0. The van der Waals surface area contributed by atoms with E-state index in [0.717, 1.165) is 34.7 Å². The zero-order chi connectivity index (χ0) is 16.1. The first-order valence-electron chi connectivity index (χ1n) is 7.43. The summed E-state index contributed by atoms with van der Waals surface area (Å²) in [5.41, 5.74) is 2.95. The van der Waals surface area contributed by atoms with E-state index in [1.807, 2.05) is 39.0 Å². The number of carbonyl (C=O) groups is 1. The molecule has 0 amide bonds. The Morgan fingerprint density at radius 1 is 1.32 bits per heavy atom. The molecule has 1 aromatic carbocycles. The normalized spacial score (nSPS) is 10.7. The molecule has 0 fully saturated rings. The molecule has 1 heterocycles. The number of ether oxygens (including phenoxy) is 1. The fourth-order valence-corrected chi connectivity index (χ4v) is 3.37. The quantitative estimate of drug-likeness (QED) is 0.783. The Bertz CT molecular complexity index is 644. The minimum Gasteiger partial charge on any atom is -0.493 e. The molecule has 0 aliphatic heterocycles. The first-order chi connectivity index (χ1) is 10.5. The Kier molecular flexibility index (Phi) is 5.55. The maximum atomic E-state index is 11.1. The van der Waals surface area contributed by atoms with Crippen LogP contribution in [0.4, 0.5) is 0 Å². The fourth-order valence-electron chi connectivity index (χ4n) is 2.34. The smallest absolute Gasteiger partial charge is 0.347 e. The second-order valence-corrected chi connectivity index (χ2v) is 6.30. The number of thiazole rings is 1. The molecular weight excluding hydrogens is 298 g/mol. The Balaban J connectivity index is 1.90. The van der Waals surface area contributed by atoms with Crippen LogP contribution in [0.2, 0.25) is 0 Å². The van der Waals surface area contributed by atoms with Crippen LogP contribution in [0.3, 0.4) is 0 Å². The molecule has 22 heavy (non-hydrogen) atoms. The molecular formula is C17H21NO3S. The maximum Gasteiger partial charge on any atom is 0.347 e. The lowest BCUT2D eigenvalue weighted by molar-refractivity contribution is 0.0701. The molecule has 0 aliphatic carbocycles. The summed E-state index contributed by atoms with van der Waals surface area (Å²) in [5.74, 6) is 0.0643. The highest BCUT2D eigenvalue weighted by Crippen LogP contribution is 2.23. The van der Waals surface area contributed by atoms with E-state index in [4.69, 9.17) is 9.84 Å². The van der Waals surface area contributed by atoms with Crippen molar-refractivity contribution in [3.8, 4) is 5.75 Å². The van der Waals surface area contributed by atoms with Crippen molar-refractivity contribution in [2.75, 3.05) is 6.61 Å². The van der Waals surface area contributed by atoms with Gasteiger partial charge >= 0.3 is 5.97 Å². The average molecular weight is 319 g/mol. The van der Waals surface area contributed by atoms with Gasteiger partial charge in [0.15, 0.2) is 0 Å². The van der Waals surface area contributed by atoms with Crippen molar-refractivity contribution in [3.05, 3.63) is 44.9 Å². The SMILES string of the molecule is CCc1nc(CCCOc2c(C)cccc2C)sc1C(=O)O. The molecule has 0 atom stereocenters. The third kappa shape index (κ3) is 3.85. The largest absolute Gasteiger partial charge is 0.493 e. The van der Waals surface area contributed by atoms with Crippen LogP contribution in [0.15, 0.2) is 18.2 Å². The standard InChI is InChI=1S/C17H21NO3S/c1-4-13-16(17(19)20)22-14(18-13)9-6-10-21-15-11(2)7-5-8-12(15)3/h5,7-8H,4,6,9-10H2,1-3H3,(H,19,20). The third-order valence-corrected chi connectivity index (χ3v) is 4.61. The van der Waals surface area contributed by atoms with Gasteiger partial charge in [0, 0.05) is 6.42 Å². The number of aryl methyl sites for hydroxylation is 4. The van der Waals surface area contributed by atoms with Gasteiger partial charge in [0.25, 0.3) is 0 Å². The van der Waals surface area contributed by atoms with Gasteiger partial charge in [-0.05, 0) is 37.8 Å². The predicted molar refractivity (Wildman–Crippen MR) is 88.2 cm³/mol. The second kappa shape index (κ2) is 7.40. The molecule has 0 radical (unpaired) electrons. The number of aromatic nitrogens is 1. The number of hydrogen-bond donors (Lipinski definition) is 1. The van der Waals surface area contributed by atoms with Gasteiger partial charge in [0.05, 0.1) is 17.3 Å². The van der Waals surface area contributed by atoms with Gasteiger partial charge in [0.1, 0.15) is 10.6 Å². The van der Waals surface area contributed by atoms with Crippen molar-refractivity contribution in [3.63, 3.8) is 0 Å². The highest BCUT2D eigenvalue weighted by Gasteiger charge is 2.15. The monoisotopic (exact) mass is 319 g/mol. The molecule has 118 valence electrons. The maximum absolute atomic E-state index is 11.1. The highest BCUT2D eigenvalue weighted by molar-refractivity contribution is 7.13. The zero-order valence-corrected chi connectivity index (χ0v) is 14.0. The second-order valence-electron chi connectivity index (χ2n) is 5.22. The first-order valence-corrected chi connectivity index (χ1v) is 8.25. The van der Waals surface area contributed by atoms with Crippen molar-refractivity contribution < 1.29 is 14.6 Å². The molecule has 4 nitrogen and oxygen atoms in total. The van der Waals surface area contributed by atoms with E-state index in [1.165, 1.54) is 11.3 Å². The van der Waals surface area contributed by atoms with E-state index in [2.05, 4.69) is 4.98 Å². The number of carboxylic acid groups (broad SMARTS) is 1. The summed E-state index contributed by atoms with van der Waals surface area (Å²) in [7, 11) is 0. The van der Waals surface area contributed by atoms with E-state index in [0.29, 0.717) is 23.6 Å². The van der Waals surface area contributed by atoms with Gasteiger partial charge in [-0.3, -0.25) is 0 Å². The van der Waals surface area contributed by atoms with Crippen LogP contribution in [0.1, 0.15) is 44.8 Å². The number of para-hydroxylation sites is 1. The van der Waals surface area contributed by atoms with Crippen molar-refractivity contribution in [2.24, 2.45) is 0 Å². The van der Waals surface area contributed by atoms with E-state index < -0.39 is 5.97 Å². The van der Waals surface area contributed by atoms with Gasteiger partial charge < -0.3 is 9.84 Å². The minimum absolute atomic E-state index is 0.369. The van der Waals surface area contributed by atoms with Crippen molar-refractivity contribution in [1.82, 2.24) is 4.98 Å². The Morgan fingerprint density at radius 3 is 2.55 bits per heavy atom. The average Bonchev–Trinajstić information content (AvgIpc) is 2.89. The Morgan fingerprint density at radius 2 is 2.00 bits per heavy atom. The summed E-state index contributed by atoms with van der Waals surface area (Å²) in [6.07, 6.45) is 2.22. The summed E-state index contributed by atoms with van der Waals surface area (Å²) < 4.78 is 5.86. The number of benzene rings is 1. The third-order valence-electron chi connectivity index (χ3n) is 3.46. The number of carboxylic acids is 1. The molecule has 0 bridgehead atoms. The highest BCUT2D eigenvalue weighted by atomic mass is 32.1. The molecule has 1 N–H and O–H groups in total. The van der Waals surface area contributed by atoms with Gasteiger partial charge in [0.2, 0.25) is 0 Å². The van der Waals surface area contributed by atoms with Crippen LogP contribution < -0.4 is 4.74 Å². The summed E-state index contributed by atoms with van der Waals surface area (Å²) in [4.78, 5) is 15.9. The van der Waals surface area contributed by atoms with Gasteiger partial charge in [-0.25, -0.2) is 9.78 Å². The number of aromatic carboxylic acids is 1. The van der Waals surface area contributed by atoms with Crippen molar-refractivity contribution >= 4 is 17.3 Å². The van der Waals surface area contributed by atoms with Crippen molar-refractivity contribution in [2.45, 2.75) is 40.0 Å². The van der Waals surface area contributed by atoms with Crippen LogP contribution in [-0.4, -0.2) is 22.7 Å². The van der Waals surface area contributed by atoms with Gasteiger partial charge in [-0.1, -0.05) is 25.1 Å². The minimum atomic E-state index is -0.882. The molecule has 0 saturated heterocycles. The van der Waals surface area contributed by atoms with Crippen LogP contribution >= 0.6 is 11.3 Å². The lowest BCUT2D eigenvalue weighted by atomic mass is 10.1. The molecule has 0 saturated carbocycles. The van der Waals surface area contributed by atoms with Crippen LogP contribution in [0, 0.1) is 13.8 Å². The summed E-state index contributed by atoms with van der Waals surface area (Å²) in [6.45, 7) is 6.61. The molecule has 2 rings (SSSR count). The first kappa shape index (κ1) is 16.5. The van der Waals surface area contributed by atoms with E-state index >= 15 is 0 Å². The van der Waals surface area contributed by atoms with Crippen LogP contribution in [0.25, 0.3) is 0 Å². The number of nitrogens with zero attached hydrogens (tertiary/aromatic N) is 1. The van der Waals surface area contributed by atoms with Gasteiger partial charge in [-0.2, -0.15) is 0 Å². The fraction of sp³-hybridized carbons (Fsp3) is 0.412. The summed E-state index contributed by atoms with van der Waals surface area (Å²) in [6, 6.07) is 6.10. The van der Waals surface area contributed by atoms with Gasteiger partial charge in [-0.15, -0.1) is 11.3 Å². The number of hydrogen-bond acceptors (Lipinski definition) is 4. The molecule has 0 spiro atoms. The summed E-state index contributed by atoms with van der Waals surface area (Å²) >= 11 is 1.28. The molecule has 0 aliphatic rings. The van der Waals surface area contributed by atoms with E-state index in [9.17, 15) is 4.79 Å². The number of rotatable bonds is 7. The molecule has 1 aromatic heterocycles. The van der Waals surface area contributed by atoms with Crippen molar-refractivity contribution in [1.29, 1.82) is 0 Å². The Hall–Kier alpha value is -1.88. The lowest BCUT2D eigenvalue weighted by Crippen LogP contribution is -2.02. The van der Waals surface area contributed by atoms with E-state index in [1.54, 1.807) is 0 Å². The van der Waals surface area contributed by atoms with E-state index in [-0.39, 0.29) is 0 Å².